The number of alkyl carbamates (subject to hydrolysis) is 1. The zero-order chi connectivity index (χ0) is 16.4. The van der Waals surface area contributed by atoms with E-state index in [1.165, 1.54) is 7.11 Å². The fourth-order valence-corrected chi connectivity index (χ4v) is 1.22. The van der Waals surface area contributed by atoms with E-state index in [1.54, 1.807) is 13.8 Å². The van der Waals surface area contributed by atoms with Gasteiger partial charge in [-0.25, -0.2) is 14.4 Å². The van der Waals surface area contributed by atoms with E-state index in [0.717, 1.165) is 12.2 Å². The summed E-state index contributed by atoms with van der Waals surface area (Å²) in [6, 6.07) is -0.383. The molecule has 0 radical (unpaired) electrons. The number of methoxy groups -OCH3 is 1. The van der Waals surface area contributed by atoms with E-state index in [-0.39, 0.29) is 24.7 Å². The summed E-state index contributed by atoms with van der Waals surface area (Å²) in [6.45, 7) is 7.20. The highest BCUT2D eigenvalue weighted by Gasteiger charge is 2.19. The highest BCUT2D eigenvalue weighted by molar-refractivity contribution is 5.91. The fourth-order valence-electron chi connectivity index (χ4n) is 1.22. The van der Waals surface area contributed by atoms with E-state index in [2.05, 4.69) is 10.1 Å². The van der Waals surface area contributed by atoms with Crippen LogP contribution in [-0.2, 0) is 23.8 Å². The van der Waals surface area contributed by atoms with Crippen LogP contribution in [-0.4, -0.2) is 43.9 Å². The lowest BCUT2D eigenvalue weighted by Crippen LogP contribution is -2.43. The minimum atomic E-state index is -0.690. The molecule has 0 bridgehead atoms. The summed E-state index contributed by atoms with van der Waals surface area (Å²) in [5.74, 6) is -1.29. The van der Waals surface area contributed by atoms with E-state index in [4.69, 9.17) is 9.47 Å². The second-order valence-electron chi connectivity index (χ2n) is 4.94. The molecule has 0 aliphatic heterocycles. The standard InChI is InChI=1S/C14H23NO6/c1-9(2)11(15-14(18)21-10(3)4)8-20-13(17)7-6-12(16)19-5/h6-7,9-11H,8H2,1-5H3,(H,15,18)/b7-6+/t11-/m0/s1. The van der Waals surface area contributed by atoms with Gasteiger partial charge in [-0.05, 0) is 19.8 Å². The molecule has 0 unspecified atom stereocenters. The monoisotopic (exact) mass is 301 g/mol. The predicted octanol–water partition coefficient (Wildman–Crippen LogP) is 1.42. The van der Waals surface area contributed by atoms with Crippen molar-refractivity contribution in [2.45, 2.75) is 39.8 Å². The number of carbonyl (C=O) groups excluding carboxylic acids is 3. The minimum absolute atomic E-state index is 0.0186. The Labute approximate surface area is 124 Å². The summed E-state index contributed by atoms with van der Waals surface area (Å²) in [7, 11) is 1.21. The molecule has 0 fully saturated rings. The molecule has 0 aliphatic rings. The fraction of sp³-hybridized carbons (Fsp3) is 0.643. The van der Waals surface area contributed by atoms with Gasteiger partial charge in [-0.1, -0.05) is 13.8 Å². The summed E-state index contributed by atoms with van der Waals surface area (Å²) in [6.07, 6.45) is 1.14. The number of esters is 2. The van der Waals surface area contributed by atoms with Gasteiger partial charge in [0.1, 0.15) is 6.61 Å². The van der Waals surface area contributed by atoms with Crippen molar-refractivity contribution >= 4 is 18.0 Å². The Morgan fingerprint density at radius 2 is 1.62 bits per heavy atom. The number of nitrogens with one attached hydrogen (secondary N) is 1. The number of hydrogen-bond donors (Lipinski definition) is 1. The second kappa shape index (κ2) is 9.79. The van der Waals surface area contributed by atoms with Gasteiger partial charge in [-0.15, -0.1) is 0 Å². The third kappa shape index (κ3) is 9.48. The quantitative estimate of drug-likeness (QED) is 0.434. The van der Waals surface area contributed by atoms with Crippen LogP contribution in [0.25, 0.3) is 0 Å². The first-order chi connectivity index (χ1) is 9.76. The Kier molecular flexibility index (Phi) is 8.84. The van der Waals surface area contributed by atoms with Crippen molar-refractivity contribution < 1.29 is 28.6 Å². The first-order valence-electron chi connectivity index (χ1n) is 6.66. The summed E-state index contributed by atoms with van der Waals surface area (Å²) >= 11 is 0. The van der Waals surface area contributed by atoms with Crippen molar-refractivity contribution in [3.05, 3.63) is 12.2 Å². The average Bonchev–Trinajstić information content (AvgIpc) is 2.39. The van der Waals surface area contributed by atoms with E-state index in [1.807, 2.05) is 13.8 Å². The Morgan fingerprint density at radius 1 is 1.05 bits per heavy atom. The molecule has 1 N–H and O–H groups in total. The van der Waals surface area contributed by atoms with Gasteiger partial charge >= 0.3 is 18.0 Å². The van der Waals surface area contributed by atoms with Crippen LogP contribution in [0, 0.1) is 5.92 Å². The van der Waals surface area contributed by atoms with Crippen LogP contribution in [0.15, 0.2) is 12.2 Å². The molecule has 0 heterocycles. The lowest BCUT2D eigenvalue weighted by Gasteiger charge is -2.22. The molecule has 0 aromatic rings. The van der Waals surface area contributed by atoms with Crippen molar-refractivity contribution in [1.82, 2.24) is 5.32 Å². The summed E-state index contributed by atoms with van der Waals surface area (Å²) in [5, 5.41) is 2.63. The van der Waals surface area contributed by atoms with E-state index in [9.17, 15) is 14.4 Å². The Bertz CT molecular complexity index is 389. The largest absolute Gasteiger partial charge is 0.466 e. The van der Waals surface area contributed by atoms with Crippen LogP contribution < -0.4 is 5.32 Å². The molecule has 0 rings (SSSR count). The van der Waals surface area contributed by atoms with Gasteiger partial charge in [-0.3, -0.25) is 0 Å². The summed E-state index contributed by atoms with van der Waals surface area (Å²) in [4.78, 5) is 33.7. The molecule has 120 valence electrons. The number of rotatable bonds is 7. The molecule has 1 amide bonds. The zero-order valence-corrected chi connectivity index (χ0v) is 13.0. The Balaban J connectivity index is 4.33. The van der Waals surface area contributed by atoms with Gasteiger partial charge in [0.15, 0.2) is 0 Å². The predicted molar refractivity (Wildman–Crippen MR) is 75.5 cm³/mol. The minimum Gasteiger partial charge on any atom is -0.466 e. The van der Waals surface area contributed by atoms with Gasteiger partial charge < -0.3 is 19.5 Å². The van der Waals surface area contributed by atoms with Gasteiger partial charge in [0, 0.05) is 12.2 Å². The normalized spacial score (nSPS) is 12.3. The van der Waals surface area contributed by atoms with Crippen molar-refractivity contribution in [2.75, 3.05) is 13.7 Å². The van der Waals surface area contributed by atoms with Crippen LogP contribution in [0.1, 0.15) is 27.7 Å². The van der Waals surface area contributed by atoms with E-state index < -0.39 is 18.0 Å². The maximum Gasteiger partial charge on any atom is 0.407 e. The van der Waals surface area contributed by atoms with Crippen molar-refractivity contribution in [3.8, 4) is 0 Å². The van der Waals surface area contributed by atoms with Gasteiger partial charge in [0.25, 0.3) is 0 Å². The second-order valence-corrected chi connectivity index (χ2v) is 4.94. The van der Waals surface area contributed by atoms with E-state index >= 15 is 0 Å². The molecular formula is C14H23NO6. The molecule has 0 aliphatic carbocycles. The first kappa shape index (κ1) is 18.9. The molecule has 7 nitrogen and oxygen atoms in total. The first-order valence-corrected chi connectivity index (χ1v) is 6.66. The smallest absolute Gasteiger partial charge is 0.407 e. The molecule has 0 saturated heterocycles. The van der Waals surface area contributed by atoms with Gasteiger partial charge in [0.05, 0.1) is 19.3 Å². The molecule has 0 aromatic carbocycles. The molecular weight excluding hydrogens is 278 g/mol. The Hall–Kier alpha value is -2.05. The SMILES string of the molecule is COC(=O)/C=C/C(=O)OC[C@H](NC(=O)OC(C)C)C(C)C. The van der Waals surface area contributed by atoms with Gasteiger partial charge in [-0.2, -0.15) is 0 Å². The summed E-state index contributed by atoms with van der Waals surface area (Å²) < 4.78 is 14.3. The van der Waals surface area contributed by atoms with Crippen molar-refractivity contribution in [2.24, 2.45) is 5.92 Å². The molecule has 7 heteroatoms. The molecule has 0 spiro atoms. The molecule has 0 saturated carbocycles. The lowest BCUT2D eigenvalue weighted by atomic mass is 10.1. The highest BCUT2D eigenvalue weighted by Crippen LogP contribution is 2.04. The molecule has 21 heavy (non-hydrogen) atoms. The number of carbonyl (C=O) groups is 3. The zero-order valence-electron chi connectivity index (χ0n) is 13.0. The van der Waals surface area contributed by atoms with Gasteiger partial charge in [0.2, 0.25) is 0 Å². The highest BCUT2D eigenvalue weighted by atomic mass is 16.6. The van der Waals surface area contributed by atoms with Crippen molar-refractivity contribution in [1.29, 1.82) is 0 Å². The Morgan fingerprint density at radius 3 is 2.10 bits per heavy atom. The maximum absolute atomic E-state index is 11.5. The number of hydrogen-bond acceptors (Lipinski definition) is 6. The number of amides is 1. The van der Waals surface area contributed by atoms with Crippen molar-refractivity contribution in [3.63, 3.8) is 0 Å². The summed E-state index contributed by atoms with van der Waals surface area (Å²) in [5.41, 5.74) is 0. The lowest BCUT2D eigenvalue weighted by molar-refractivity contribution is -0.140. The maximum atomic E-state index is 11.5. The van der Waals surface area contributed by atoms with Crippen LogP contribution in [0.4, 0.5) is 4.79 Å². The topological polar surface area (TPSA) is 90.9 Å². The van der Waals surface area contributed by atoms with E-state index in [0.29, 0.717) is 0 Å². The molecule has 1 atom stereocenters. The van der Waals surface area contributed by atoms with Crippen LogP contribution in [0.5, 0.6) is 0 Å². The van der Waals surface area contributed by atoms with Crippen LogP contribution in [0.2, 0.25) is 0 Å². The molecule has 0 aromatic heterocycles. The average molecular weight is 301 g/mol. The third-order valence-corrected chi connectivity index (χ3v) is 2.41. The van der Waals surface area contributed by atoms with Crippen LogP contribution in [0.3, 0.4) is 0 Å². The van der Waals surface area contributed by atoms with Crippen LogP contribution >= 0.6 is 0 Å². The number of ether oxygens (including phenoxy) is 3. The third-order valence-electron chi connectivity index (χ3n) is 2.41.